The van der Waals surface area contributed by atoms with E-state index in [4.69, 9.17) is 0 Å². The van der Waals surface area contributed by atoms with Crippen molar-refractivity contribution in [3.8, 4) is 0 Å². The Labute approximate surface area is 261 Å². The molecule has 5 aromatic carbocycles. The summed E-state index contributed by atoms with van der Waals surface area (Å²) in [7, 11) is 0. The van der Waals surface area contributed by atoms with Gasteiger partial charge >= 0.3 is 0 Å². The van der Waals surface area contributed by atoms with Gasteiger partial charge in [0.2, 0.25) is 0 Å². The van der Waals surface area contributed by atoms with Gasteiger partial charge in [-0.3, -0.25) is 0 Å². The lowest BCUT2D eigenvalue weighted by Crippen LogP contribution is -2.33. The lowest BCUT2D eigenvalue weighted by molar-refractivity contribution is 0.680. The SMILES string of the molecule is C1=CC2C(C=C1n1c3ccccc3c3ccccc31)C1=C(CCC(n3c4ccccc4c4ccccc43)=C1)N2c1ccccc1. The summed E-state index contributed by atoms with van der Waals surface area (Å²) in [5, 5.41) is 5.23. The number of hydrogen-bond donors (Lipinski definition) is 0. The maximum Gasteiger partial charge on any atom is 0.0627 e. The molecule has 0 N–H and O–H groups in total. The van der Waals surface area contributed by atoms with E-state index in [1.54, 1.807) is 0 Å². The fourth-order valence-corrected chi connectivity index (χ4v) is 8.30. The molecular formula is C42H31N3. The van der Waals surface area contributed by atoms with E-state index in [-0.39, 0.29) is 12.0 Å². The number of hydrogen-bond acceptors (Lipinski definition) is 1. The number of anilines is 1. The van der Waals surface area contributed by atoms with Crippen LogP contribution in [0.15, 0.2) is 163 Å². The molecule has 3 heteroatoms. The maximum atomic E-state index is 2.61. The zero-order chi connectivity index (χ0) is 29.5. The molecule has 2 unspecified atom stereocenters. The average molecular weight is 578 g/mol. The highest BCUT2D eigenvalue weighted by molar-refractivity contribution is 6.11. The number of benzene rings is 5. The zero-order valence-electron chi connectivity index (χ0n) is 24.8. The molecule has 3 heterocycles. The molecule has 0 amide bonds. The van der Waals surface area contributed by atoms with Crippen LogP contribution < -0.4 is 4.90 Å². The predicted molar refractivity (Wildman–Crippen MR) is 189 cm³/mol. The molecule has 2 aliphatic carbocycles. The van der Waals surface area contributed by atoms with Crippen LogP contribution in [0.5, 0.6) is 0 Å². The molecule has 0 bridgehead atoms. The number of rotatable bonds is 3. The zero-order valence-corrected chi connectivity index (χ0v) is 24.8. The van der Waals surface area contributed by atoms with Crippen molar-refractivity contribution in [2.45, 2.75) is 18.9 Å². The minimum Gasteiger partial charge on any atom is -0.337 e. The van der Waals surface area contributed by atoms with Crippen LogP contribution in [0.4, 0.5) is 5.69 Å². The number of fused-ring (bicyclic) bond motifs is 8. The highest BCUT2D eigenvalue weighted by Crippen LogP contribution is 2.49. The van der Waals surface area contributed by atoms with E-state index in [1.807, 2.05) is 0 Å². The quantitative estimate of drug-likeness (QED) is 0.204. The van der Waals surface area contributed by atoms with E-state index in [9.17, 15) is 0 Å². The summed E-state index contributed by atoms with van der Waals surface area (Å²) in [5.74, 6) is 0.239. The second-order valence-corrected chi connectivity index (χ2v) is 12.4. The number of para-hydroxylation sites is 5. The van der Waals surface area contributed by atoms with Crippen molar-refractivity contribution in [1.29, 1.82) is 0 Å². The first-order valence-corrected chi connectivity index (χ1v) is 16.0. The van der Waals surface area contributed by atoms with Gasteiger partial charge in [0.1, 0.15) is 0 Å². The molecule has 0 spiro atoms. The molecule has 2 atom stereocenters. The molecule has 0 fully saturated rings. The van der Waals surface area contributed by atoms with Gasteiger partial charge in [0.05, 0.1) is 28.1 Å². The Balaban J connectivity index is 1.19. The van der Waals surface area contributed by atoms with Crippen molar-refractivity contribution in [2.75, 3.05) is 4.90 Å². The standard InChI is InChI=1S/C42H31N3/c1-2-12-28(13-3-1)43-41-24-22-29(44-37-18-8-4-14-31(37)32-15-5-9-19-38(32)44)26-35(41)36-27-30(23-25-42(36)43)45-39-20-10-6-16-33(39)34-17-7-11-21-40(34)45/h1-22,24,26-27,35,41H,23,25H2. The molecule has 7 aromatic rings. The third-order valence-corrected chi connectivity index (χ3v) is 10.1. The van der Waals surface area contributed by atoms with E-state index in [0.29, 0.717) is 0 Å². The topological polar surface area (TPSA) is 13.1 Å². The minimum atomic E-state index is 0.239. The van der Waals surface area contributed by atoms with Gasteiger partial charge in [0, 0.05) is 50.2 Å². The Hall–Kier alpha value is -5.54. The third-order valence-electron chi connectivity index (χ3n) is 10.1. The van der Waals surface area contributed by atoms with E-state index in [2.05, 4.69) is 166 Å². The fraction of sp³-hybridized carbons (Fsp3) is 0.0952. The monoisotopic (exact) mass is 577 g/mol. The van der Waals surface area contributed by atoms with Crippen molar-refractivity contribution < 1.29 is 0 Å². The van der Waals surface area contributed by atoms with Crippen LogP contribution in [0.2, 0.25) is 0 Å². The summed E-state index contributed by atoms with van der Waals surface area (Å²) in [6, 6.07) is 46.5. The maximum absolute atomic E-state index is 2.61. The van der Waals surface area contributed by atoms with Crippen molar-refractivity contribution in [1.82, 2.24) is 9.13 Å². The molecule has 45 heavy (non-hydrogen) atoms. The van der Waals surface area contributed by atoms with Gasteiger partial charge in [-0.2, -0.15) is 0 Å². The molecular weight excluding hydrogens is 546 g/mol. The van der Waals surface area contributed by atoms with Gasteiger partial charge < -0.3 is 14.0 Å². The Morgan fingerprint density at radius 3 is 1.60 bits per heavy atom. The largest absolute Gasteiger partial charge is 0.337 e. The van der Waals surface area contributed by atoms with Crippen LogP contribution in [0.3, 0.4) is 0 Å². The molecule has 0 radical (unpaired) electrons. The van der Waals surface area contributed by atoms with Gasteiger partial charge in [-0.05, 0) is 67.0 Å². The Morgan fingerprint density at radius 1 is 0.511 bits per heavy atom. The van der Waals surface area contributed by atoms with Crippen LogP contribution in [0.25, 0.3) is 55.0 Å². The normalized spacial score (nSPS) is 19.4. The predicted octanol–water partition coefficient (Wildman–Crippen LogP) is 10.4. The first-order valence-electron chi connectivity index (χ1n) is 16.0. The number of allylic oxidation sites excluding steroid dienone is 5. The Bertz CT molecular complexity index is 2340. The van der Waals surface area contributed by atoms with Crippen molar-refractivity contribution in [3.05, 3.63) is 163 Å². The molecule has 3 aliphatic rings. The van der Waals surface area contributed by atoms with Crippen LogP contribution >= 0.6 is 0 Å². The summed E-state index contributed by atoms with van der Waals surface area (Å²) in [6.45, 7) is 0. The molecule has 1 aliphatic heterocycles. The number of nitrogens with zero attached hydrogens (tertiary/aromatic N) is 3. The minimum absolute atomic E-state index is 0.239. The van der Waals surface area contributed by atoms with E-state index >= 15 is 0 Å². The van der Waals surface area contributed by atoms with Crippen LogP contribution in [0.1, 0.15) is 12.8 Å². The van der Waals surface area contributed by atoms with Crippen molar-refractivity contribution >= 4 is 60.7 Å². The Kier molecular flexibility index (Phi) is 5.23. The van der Waals surface area contributed by atoms with Gasteiger partial charge in [-0.25, -0.2) is 0 Å². The summed E-state index contributed by atoms with van der Waals surface area (Å²) < 4.78 is 4.98. The van der Waals surface area contributed by atoms with Gasteiger partial charge in [0.15, 0.2) is 0 Å². The van der Waals surface area contributed by atoms with Crippen LogP contribution in [-0.2, 0) is 0 Å². The molecule has 0 saturated carbocycles. The van der Waals surface area contributed by atoms with Gasteiger partial charge in [-0.1, -0.05) is 103 Å². The first-order chi connectivity index (χ1) is 22.3. The lowest BCUT2D eigenvalue weighted by atomic mass is 9.86. The summed E-state index contributed by atoms with van der Waals surface area (Å²) >= 11 is 0. The second-order valence-electron chi connectivity index (χ2n) is 12.4. The van der Waals surface area contributed by atoms with Crippen molar-refractivity contribution in [3.63, 3.8) is 0 Å². The van der Waals surface area contributed by atoms with Gasteiger partial charge in [-0.15, -0.1) is 0 Å². The summed E-state index contributed by atoms with van der Waals surface area (Å²) in [6.07, 6.45) is 11.9. The average Bonchev–Trinajstić information content (AvgIpc) is 3.74. The third kappa shape index (κ3) is 3.52. The number of aromatic nitrogens is 2. The molecule has 10 rings (SSSR count). The van der Waals surface area contributed by atoms with E-state index in [0.717, 1.165) is 12.8 Å². The van der Waals surface area contributed by atoms with Crippen LogP contribution in [-0.4, -0.2) is 15.2 Å². The molecule has 2 aromatic heterocycles. The summed E-state index contributed by atoms with van der Waals surface area (Å²) in [4.78, 5) is 2.61. The Morgan fingerprint density at radius 2 is 1.02 bits per heavy atom. The first kappa shape index (κ1) is 24.9. The van der Waals surface area contributed by atoms with E-state index < -0.39 is 0 Å². The summed E-state index contributed by atoms with van der Waals surface area (Å²) in [5.41, 5.74) is 11.9. The van der Waals surface area contributed by atoms with Crippen molar-refractivity contribution in [2.24, 2.45) is 5.92 Å². The lowest BCUT2D eigenvalue weighted by Gasteiger charge is -2.32. The fourth-order valence-electron chi connectivity index (χ4n) is 8.30. The highest BCUT2D eigenvalue weighted by Gasteiger charge is 2.41. The van der Waals surface area contributed by atoms with E-state index in [1.165, 1.54) is 72.0 Å². The molecule has 3 nitrogen and oxygen atoms in total. The smallest absolute Gasteiger partial charge is 0.0627 e. The van der Waals surface area contributed by atoms with Crippen LogP contribution in [0, 0.1) is 5.92 Å². The highest BCUT2D eigenvalue weighted by atomic mass is 15.2. The van der Waals surface area contributed by atoms with Gasteiger partial charge in [0.25, 0.3) is 0 Å². The second kappa shape index (κ2) is 9.48. The molecule has 214 valence electrons. The molecule has 0 saturated heterocycles.